The number of carbonyl (C=O) groups excluding carboxylic acids is 1. The van der Waals surface area contributed by atoms with E-state index in [9.17, 15) is 9.90 Å². The number of rotatable bonds is 4. The van der Waals surface area contributed by atoms with Crippen LogP contribution in [0.3, 0.4) is 0 Å². The first-order valence-corrected chi connectivity index (χ1v) is 9.60. The third kappa shape index (κ3) is 3.05. The maximum absolute atomic E-state index is 12.8. The lowest BCUT2D eigenvalue weighted by molar-refractivity contribution is -0.130. The Labute approximate surface area is 154 Å². The lowest BCUT2D eigenvalue weighted by atomic mass is 9.67. The van der Waals surface area contributed by atoms with Crippen molar-refractivity contribution in [2.45, 2.75) is 37.7 Å². The summed E-state index contributed by atoms with van der Waals surface area (Å²) < 4.78 is 1.82. The van der Waals surface area contributed by atoms with Crippen molar-refractivity contribution in [1.82, 2.24) is 14.7 Å². The largest absolute Gasteiger partial charge is 0.385 e. The molecular formula is C21H27N3O2. The molecule has 1 aromatic heterocycles. The Morgan fingerprint density at radius 1 is 1.27 bits per heavy atom. The number of benzene rings is 1. The van der Waals surface area contributed by atoms with Gasteiger partial charge in [-0.05, 0) is 43.2 Å². The van der Waals surface area contributed by atoms with Crippen LogP contribution in [-0.2, 0) is 23.9 Å². The number of fused-ring (bicyclic) bond motifs is 1. The first-order chi connectivity index (χ1) is 12.6. The van der Waals surface area contributed by atoms with Crippen molar-refractivity contribution >= 4 is 5.91 Å². The van der Waals surface area contributed by atoms with Crippen molar-refractivity contribution in [3.05, 3.63) is 53.9 Å². The minimum atomic E-state index is -0.804. The molecular weight excluding hydrogens is 326 g/mol. The van der Waals surface area contributed by atoms with Gasteiger partial charge in [-0.2, -0.15) is 5.10 Å². The molecule has 1 aliphatic heterocycles. The van der Waals surface area contributed by atoms with Crippen molar-refractivity contribution < 1.29 is 9.90 Å². The van der Waals surface area contributed by atoms with Gasteiger partial charge in [-0.15, -0.1) is 0 Å². The first kappa shape index (κ1) is 17.3. The van der Waals surface area contributed by atoms with Gasteiger partial charge in [0, 0.05) is 44.4 Å². The van der Waals surface area contributed by atoms with Crippen molar-refractivity contribution in [1.29, 1.82) is 0 Å². The van der Waals surface area contributed by atoms with E-state index in [1.807, 2.05) is 53.0 Å². The fourth-order valence-electron chi connectivity index (χ4n) is 4.85. The van der Waals surface area contributed by atoms with E-state index < -0.39 is 5.60 Å². The molecule has 0 bridgehead atoms. The van der Waals surface area contributed by atoms with Crippen molar-refractivity contribution in [2.24, 2.45) is 18.9 Å². The summed E-state index contributed by atoms with van der Waals surface area (Å²) in [5, 5.41) is 15.6. The minimum absolute atomic E-state index is 0.138. The van der Waals surface area contributed by atoms with E-state index in [2.05, 4.69) is 5.10 Å². The molecule has 1 amide bonds. The molecule has 1 saturated carbocycles. The van der Waals surface area contributed by atoms with Crippen LogP contribution in [0.15, 0.2) is 42.6 Å². The summed E-state index contributed by atoms with van der Waals surface area (Å²) in [7, 11) is 1.91. The number of amides is 1. The number of nitrogens with zero attached hydrogens (tertiary/aromatic N) is 3. The molecule has 1 aromatic carbocycles. The molecule has 0 unspecified atom stereocenters. The Hall–Kier alpha value is -2.14. The van der Waals surface area contributed by atoms with E-state index in [4.69, 9.17) is 0 Å². The maximum atomic E-state index is 12.8. The molecule has 1 aliphatic carbocycles. The molecule has 138 valence electrons. The normalized spacial score (nSPS) is 28.2. The molecule has 2 aliphatic rings. The van der Waals surface area contributed by atoms with Crippen LogP contribution in [0.5, 0.6) is 0 Å². The van der Waals surface area contributed by atoms with E-state index in [0.717, 1.165) is 37.1 Å². The third-order valence-electron chi connectivity index (χ3n) is 6.33. The summed E-state index contributed by atoms with van der Waals surface area (Å²) in [6.07, 6.45) is 5.89. The van der Waals surface area contributed by atoms with Crippen molar-refractivity contribution in [3.63, 3.8) is 0 Å². The van der Waals surface area contributed by atoms with E-state index in [-0.39, 0.29) is 11.8 Å². The number of hydrogen-bond donors (Lipinski definition) is 1. The number of likely N-dealkylation sites (tertiary alicyclic amines) is 1. The fourth-order valence-corrected chi connectivity index (χ4v) is 4.85. The molecule has 2 aromatic rings. The zero-order chi connectivity index (χ0) is 18.1. The lowest BCUT2D eigenvalue weighted by Crippen LogP contribution is -2.42. The topological polar surface area (TPSA) is 58.4 Å². The Kier molecular flexibility index (Phi) is 4.57. The third-order valence-corrected chi connectivity index (χ3v) is 6.33. The summed E-state index contributed by atoms with van der Waals surface area (Å²) in [6, 6.07) is 12.0. The fraction of sp³-hybridized carbons (Fsp3) is 0.524. The molecule has 5 heteroatoms. The van der Waals surface area contributed by atoms with E-state index >= 15 is 0 Å². The smallest absolute Gasteiger partial charge is 0.222 e. The Morgan fingerprint density at radius 3 is 2.81 bits per heavy atom. The molecule has 3 atom stereocenters. The zero-order valence-corrected chi connectivity index (χ0v) is 15.3. The van der Waals surface area contributed by atoms with E-state index in [1.54, 1.807) is 6.20 Å². The van der Waals surface area contributed by atoms with E-state index in [0.29, 0.717) is 25.3 Å². The molecule has 26 heavy (non-hydrogen) atoms. The van der Waals surface area contributed by atoms with Gasteiger partial charge in [0.2, 0.25) is 5.91 Å². The average Bonchev–Trinajstić information content (AvgIpc) is 3.28. The number of aromatic nitrogens is 2. The summed E-state index contributed by atoms with van der Waals surface area (Å²) in [5.41, 5.74) is 1.27. The maximum Gasteiger partial charge on any atom is 0.222 e. The predicted octanol–water partition coefficient (Wildman–Crippen LogP) is 2.50. The quantitative estimate of drug-likeness (QED) is 0.919. The molecule has 4 rings (SSSR count). The highest BCUT2D eigenvalue weighted by molar-refractivity contribution is 5.76. The summed E-state index contributed by atoms with van der Waals surface area (Å²) in [6.45, 7) is 1.45. The monoisotopic (exact) mass is 353 g/mol. The summed E-state index contributed by atoms with van der Waals surface area (Å²) >= 11 is 0. The molecule has 1 saturated heterocycles. The van der Waals surface area contributed by atoms with Gasteiger partial charge < -0.3 is 10.0 Å². The first-order valence-electron chi connectivity index (χ1n) is 9.60. The van der Waals surface area contributed by atoms with Crippen LogP contribution < -0.4 is 0 Å². The highest BCUT2D eigenvalue weighted by atomic mass is 16.3. The van der Waals surface area contributed by atoms with Crippen LogP contribution in [0.25, 0.3) is 0 Å². The van der Waals surface area contributed by atoms with Gasteiger partial charge in [0.05, 0.1) is 5.60 Å². The van der Waals surface area contributed by atoms with Crippen LogP contribution in [0.4, 0.5) is 0 Å². The zero-order valence-electron chi connectivity index (χ0n) is 15.3. The number of carbonyl (C=O) groups is 1. The van der Waals surface area contributed by atoms with E-state index in [1.165, 1.54) is 0 Å². The van der Waals surface area contributed by atoms with Crippen LogP contribution in [0.1, 0.15) is 36.9 Å². The van der Waals surface area contributed by atoms with Gasteiger partial charge in [-0.1, -0.05) is 30.3 Å². The van der Waals surface area contributed by atoms with Crippen LogP contribution in [0.2, 0.25) is 0 Å². The average molecular weight is 353 g/mol. The highest BCUT2D eigenvalue weighted by Crippen LogP contribution is 2.48. The van der Waals surface area contributed by atoms with Gasteiger partial charge in [-0.25, -0.2) is 0 Å². The number of aryl methyl sites for hydroxylation is 2. The molecule has 0 radical (unpaired) electrons. The van der Waals surface area contributed by atoms with Crippen LogP contribution in [-0.4, -0.2) is 38.8 Å². The number of aliphatic hydroxyl groups is 1. The Bertz CT molecular complexity index is 773. The van der Waals surface area contributed by atoms with Crippen LogP contribution >= 0.6 is 0 Å². The van der Waals surface area contributed by atoms with Crippen molar-refractivity contribution in [2.75, 3.05) is 13.1 Å². The second-order valence-electron chi connectivity index (χ2n) is 7.79. The SMILES string of the molecule is Cn1nccc1CCC(=O)N1C[C@@H]2CCC[C@@](O)(c3ccccc3)[C@@H]2C1. The highest BCUT2D eigenvalue weighted by Gasteiger charge is 2.50. The van der Waals surface area contributed by atoms with Crippen LogP contribution in [0, 0.1) is 11.8 Å². The van der Waals surface area contributed by atoms with Gasteiger partial charge in [-0.3, -0.25) is 9.48 Å². The predicted molar refractivity (Wildman–Crippen MR) is 99.3 cm³/mol. The molecule has 1 N–H and O–H groups in total. The van der Waals surface area contributed by atoms with Gasteiger partial charge in [0.15, 0.2) is 0 Å². The van der Waals surface area contributed by atoms with Gasteiger partial charge in [0.1, 0.15) is 0 Å². The Morgan fingerprint density at radius 2 is 2.08 bits per heavy atom. The lowest BCUT2D eigenvalue weighted by Gasteiger charge is -2.41. The molecule has 0 spiro atoms. The molecule has 2 fully saturated rings. The standard InChI is InChI=1S/C21H27N3O2/c1-23-18(11-13-22-23)9-10-20(25)24-14-16-6-5-12-21(26,19(16)15-24)17-7-3-2-4-8-17/h2-4,7-8,11,13,16,19,26H,5-6,9-10,12,14-15H2,1H3/t16-,19+,21+/m0/s1. The Balaban J connectivity index is 1.45. The molecule has 5 nitrogen and oxygen atoms in total. The summed E-state index contributed by atoms with van der Waals surface area (Å²) in [5.74, 6) is 0.727. The van der Waals surface area contributed by atoms with Gasteiger partial charge >= 0.3 is 0 Å². The summed E-state index contributed by atoms with van der Waals surface area (Å²) in [4.78, 5) is 14.7. The second-order valence-corrected chi connectivity index (χ2v) is 7.79. The van der Waals surface area contributed by atoms with Gasteiger partial charge in [0.25, 0.3) is 0 Å². The van der Waals surface area contributed by atoms with Crippen molar-refractivity contribution in [3.8, 4) is 0 Å². The minimum Gasteiger partial charge on any atom is -0.385 e. The molecule has 2 heterocycles. The second kappa shape index (κ2) is 6.88. The number of hydrogen-bond acceptors (Lipinski definition) is 3.